The highest BCUT2D eigenvalue weighted by molar-refractivity contribution is 5.39. The number of hydrogen-bond donors (Lipinski definition) is 0. The van der Waals surface area contributed by atoms with Crippen LogP contribution < -0.4 is 0 Å². The Morgan fingerprint density at radius 1 is 0.590 bits per heavy atom. The van der Waals surface area contributed by atoms with Gasteiger partial charge in [-0.05, 0) is 84.7 Å². The molecule has 0 saturated carbocycles. The Bertz CT molecular complexity index is 1080. The van der Waals surface area contributed by atoms with Crippen LogP contribution in [-0.2, 0) is 10.8 Å². The summed E-state index contributed by atoms with van der Waals surface area (Å²) in [5.41, 5.74) is 11.7. The summed E-state index contributed by atoms with van der Waals surface area (Å²) < 4.78 is 0. The van der Waals surface area contributed by atoms with E-state index in [1.54, 1.807) is 12.2 Å². The summed E-state index contributed by atoms with van der Waals surface area (Å²) in [5.74, 6) is 0.653. The Labute approximate surface area is 244 Å². The monoisotopic (exact) mass is 528 g/mol. The molecule has 3 aromatic carbocycles. The molecule has 0 heterocycles. The maximum Gasteiger partial charge on any atom is -0.0132 e. The van der Waals surface area contributed by atoms with Crippen molar-refractivity contribution in [2.24, 2.45) is 0 Å². The molecule has 216 valence electrons. The Balaban J connectivity index is 0. The van der Waals surface area contributed by atoms with E-state index in [-0.39, 0.29) is 18.3 Å². The number of benzene rings is 3. The fourth-order valence-electron chi connectivity index (χ4n) is 3.55. The third kappa shape index (κ3) is 15.4. The van der Waals surface area contributed by atoms with E-state index in [9.17, 15) is 0 Å². The van der Waals surface area contributed by atoms with Crippen molar-refractivity contribution >= 4 is 0 Å². The van der Waals surface area contributed by atoms with E-state index in [0.717, 1.165) is 0 Å². The van der Waals surface area contributed by atoms with Crippen molar-refractivity contribution in [2.75, 3.05) is 0 Å². The van der Waals surface area contributed by atoms with Gasteiger partial charge in [0, 0.05) is 0 Å². The summed E-state index contributed by atoms with van der Waals surface area (Å²) in [7, 11) is 0. The molecule has 0 saturated heterocycles. The number of hydrogen-bond acceptors (Lipinski definition) is 0. The molecule has 3 rings (SSSR count). The van der Waals surface area contributed by atoms with Gasteiger partial charge in [0.1, 0.15) is 0 Å². The summed E-state index contributed by atoms with van der Waals surface area (Å²) >= 11 is 0. The van der Waals surface area contributed by atoms with E-state index in [1.807, 2.05) is 0 Å². The molecule has 0 spiro atoms. The van der Waals surface area contributed by atoms with E-state index < -0.39 is 0 Å². The molecule has 0 unspecified atom stereocenters. The molecule has 0 aromatic heterocycles. The zero-order valence-corrected chi connectivity index (χ0v) is 26.9. The minimum absolute atomic E-state index is 0. The Morgan fingerprint density at radius 2 is 1.03 bits per heavy atom. The van der Waals surface area contributed by atoms with E-state index in [0.29, 0.717) is 5.92 Å². The van der Waals surface area contributed by atoms with Gasteiger partial charge in [0.05, 0.1) is 0 Å². The smallest absolute Gasteiger partial charge is 0.0132 e. The lowest BCUT2D eigenvalue weighted by atomic mass is 9.84. The van der Waals surface area contributed by atoms with Crippen molar-refractivity contribution in [2.45, 2.75) is 114 Å². The maximum absolute atomic E-state index is 3.36. The van der Waals surface area contributed by atoms with Crippen molar-refractivity contribution in [1.82, 2.24) is 0 Å². The summed E-state index contributed by atoms with van der Waals surface area (Å²) in [5, 5.41) is 0. The highest BCUT2D eigenvalue weighted by Gasteiger charge is 2.15. The van der Waals surface area contributed by atoms with Gasteiger partial charge in [-0.15, -0.1) is 0 Å². The maximum atomic E-state index is 3.36. The van der Waals surface area contributed by atoms with Gasteiger partial charge < -0.3 is 0 Å². The highest BCUT2D eigenvalue weighted by atomic mass is 14.2. The van der Waals surface area contributed by atoms with Crippen LogP contribution >= 0.6 is 0 Å². The summed E-state index contributed by atoms with van der Waals surface area (Å²) in [6.45, 7) is 35.5. The van der Waals surface area contributed by atoms with Crippen LogP contribution in [0.4, 0.5) is 0 Å². The predicted octanol–water partition coefficient (Wildman–Crippen LogP) is 12.3. The largest absolute Gasteiger partial charge is 0.0991 e. The standard InChI is InChI=1S/C13H20.C11H16.C10H14.C4H6.CH4/c1-9-7-12(13(4,5)6)8-10(2)11(9)3;1-9-5-7-10(8-6-9)11(2,3)4;1-8(2)10-6-4-5-9(3)7-10;1-3-4-2;/h7-8H,1-6H3;5-8H,1-4H3;4-8H,1-3H3;3-4H,1-2H2;1H4. The van der Waals surface area contributed by atoms with E-state index >= 15 is 0 Å². The minimum atomic E-state index is 0. The summed E-state index contributed by atoms with van der Waals surface area (Å²) in [6.07, 6.45) is 3.28. The fraction of sp³-hybridized carbons (Fsp3) is 0.436. The van der Waals surface area contributed by atoms with E-state index in [1.165, 1.54) is 44.5 Å². The minimum Gasteiger partial charge on any atom is -0.0991 e. The Hall–Kier alpha value is -2.86. The first-order chi connectivity index (χ1) is 17.4. The normalized spacial score (nSPS) is 10.4. The number of rotatable bonds is 2. The quantitative estimate of drug-likeness (QED) is 0.290. The van der Waals surface area contributed by atoms with E-state index in [4.69, 9.17) is 0 Å². The van der Waals surface area contributed by atoms with Gasteiger partial charge in [0.15, 0.2) is 0 Å². The van der Waals surface area contributed by atoms with Crippen LogP contribution in [0.25, 0.3) is 0 Å². The Morgan fingerprint density at radius 3 is 1.33 bits per heavy atom. The third-order valence-electron chi connectivity index (χ3n) is 6.59. The van der Waals surface area contributed by atoms with Crippen LogP contribution in [-0.4, -0.2) is 0 Å². The van der Waals surface area contributed by atoms with Gasteiger partial charge in [0.25, 0.3) is 0 Å². The molecule has 0 aliphatic carbocycles. The van der Waals surface area contributed by atoms with Crippen LogP contribution in [0.15, 0.2) is 86.0 Å². The first-order valence-electron chi connectivity index (χ1n) is 13.9. The van der Waals surface area contributed by atoms with Crippen LogP contribution in [0.3, 0.4) is 0 Å². The second-order valence-corrected chi connectivity index (χ2v) is 12.6. The molecule has 0 amide bonds. The molecular weight excluding hydrogens is 468 g/mol. The van der Waals surface area contributed by atoms with Crippen LogP contribution in [0.1, 0.15) is 113 Å². The lowest BCUT2D eigenvalue weighted by Gasteiger charge is -2.21. The second kappa shape index (κ2) is 17.7. The van der Waals surface area contributed by atoms with Crippen molar-refractivity contribution in [3.63, 3.8) is 0 Å². The molecule has 39 heavy (non-hydrogen) atoms. The molecule has 0 bridgehead atoms. The molecule has 0 aliphatic rings. The molecule has 0 radical (unpaired) electrons. The van der Waals surface area contributed by atoms with Crippen LogP contribution in [0, 0.1) is 34.6 Å². The Kier molecular flexibility index (Phi) is 17.4. The van der Waals surface area contributed by atoms with Gasteiger partial charge >= 0.3 is 0 Å². The SMILES string of the molecule is C.C=CC=C.Cc1cc(C(C)(C)C)cc(C)c1C.Cc1ccc(C(C)(C)C)cc1.Cc1cccc(C(C)C)c1. The van der Waals surface area contributed by atoms with Crippen molar-refractivity contribution in [3.8, 4) is 0 Å². The van der Waals surface area contributed by atoms with Gasteiger partial charge in [-0.3, -0.25) is 0 Å². The predicted molar refractivity (Wildman–Crippen MR) is 182 cm³/mol. The highest BCUT2D eigenvalue weighted by Crippen LogP contribution is 2.26. The van der Waals surface area contributed by atoms with Gasteiger partial charge in [-0.25, -0.2) is 0 Å². The second-order valence-electron chi connectivity index (χ2n) is 12.6. The molecule has 0 atom stereocenters. The van der Waals surface area contributed by atoms with Gasteiger partial charge in [0.2, 0.25) is 0 Å². The summed E-state index contributed by atoms with van der Waals surface area (Å²) in [4.78, 5) is 0. The molecule has 0 N–H and O–H groups in total. The lowest BCUT2D eigenvalue weighted by Crippen LogP contribution is -2.12. The van der Waals surface area contributed by atoms with Gasteiger partial charge in [-0.1, -0.05) is 160 Å². The number of aryl methyl sites for hydroxylation is 4. The topological polar surface area (TPSA) is 0 Å². The molecule has 0 aliphatic heterocycles. The molecule has 0 fully saturated rings. The van der Waals surface area contributed by atoms with E-state index in [2.05, 4.69) is 164 Å². The lowest BCUT2D eigenvalue weighted by molar-refractivity contribution is 0.589. The molecular formula is C39H60. The van der Waals surface area contributed by atoms with Crippen molar-refractivity contribution in [1.29, 1.82) is 0 Å². The van der Waals surface area contributed by atoms with Crippen molar-refractivity contribution in [3.05, 3.63) is 130 Å². The molecule has 3 aromatic rings. The fourth-order valence-corrected chi connectivity index (χ4v) is 3.55. The first kappa shape index (κ1) is 38.3. The zero-order chi connectivity index (χ0) is 29.7. The van der Waals surface area contributed by atoms with Crippen LogP contribution in [0.5, 0.6) is 0 Å². The molecule has 0 heteroatoms. The average molecular weight is 529 g/mol. The number of allylic oxidation sites excluding steroid dienone is 2. The average Bonchev–Trinajstić information content (AvgIpc) is 2.82. The zero-order valence-electron chi connectivity index (χ0n) is 26.9. The third-order valence-corrected chi connectivity index (χ3v) is 6.59. The first-order valence-corrected chi connectivity index (χ1v) is 13.9. The van der Waals surface area contributed by atoms with Gasteiger partial charge in [-0.2, -0.15) is 0 Å². The summed E-state index contributed by atoms with van der Waals surface area (Å²) in [6, 6.07) is 22.0. The molecule has 0 nitrogen and oxygen atoms in total. The van der Waals surface area contributed by atoms with Crippen molar-refractivity contribution < 1.29 is 0 Å². The van der Waals surface area contributed by atoms with Crippen LogP contribution in [0.2, 0.25) is 0 Å².